The van der Waals surface area contributed by atoms with Crippen molar-refractivity contribution in [1.82, 2.24) is 10.2 Å². The van der Waals surface area contributed by atoms with E-state index in [9.17, 15) is 13.2 Å². The zero-order valence-electron chi connectivity index (χ0n) is 11.3. The van der Waals surface area contributed by atoms with Gasteiger partial charge in [-0.15, -0.1) is 0 Å². The number of carbonyl (C=O) groups excluding carboxylic acids is 1. The Morgan fingerprint density at radius 2 is 2.05 bits per heavy atom. The predicted molar refractivity (Wildman–Crippen MR) is 71.7 cm³/mol. The van der Waals surface area contributed by atoms with E-state index in [1.165, 1.54) is 0 Å². The highest BCUT2D eigenvalue weighted by Gasteiger charge is 2.31. The molecule has 1 unspecified atom stereocenters. The van der Waals surface area contributed by atoms with Crippen LogP contribution in [0, 0.1) is 0 Å². The van der Waals surface area contributed by atoms with Gasteiger partial charge in [0.25, 0.3) is 0 Å². The molecular weight excluding hydrogens is 268 g/mol. The number of hydrogen-bond donors (Lipinski definition) is 1. The molecule has 2 saturated heterocycles. The molecule has 19 heavy (non-hydrogen) atoms. The minimum absolute atomic E-state index is 0.0616. The number of sulfone groups is 1. The van der Waals surface area contributed by atoms with E-state index in [2.05, 4.69) is 5.32 Å². The van der Waals surface area contributed by atoms with Crippen molar-refractivity contribution in [3.05, 3.63) is 0 Å². The molecule has 1 N–H and O–H groups in total. The third-order valence-corrected chi connectivity index (χ3v) is 5.51. The van der Waals surface area contributed by atoms with Gasteiger partial charge in [-0.2, -0.15) is 0 Å². The first-order valence-corrected chi connectivity index (χ1v) is 8.62. The van der Waals surface area contributed by atoms with Crippen LogP contribution in [0.15, 0.2) is 0 Å². The Bertz CT molecular complexity index is 417. The number of piperidine rings is 1. The lowest BCUT2D eigenvalue weighted by atomic mass is 10.1. The summed E-state index contributed by atoms with van der Waals surface area (Å²) in [6, 6.07) is -0.247. The molecule has 2 aliphatic heterocycles. The van der Waals surface area contributed by atoms with E-state index in [4.69, 9.17) is 4.74 Å². The summed E-state index contributed by atoms with van der Waals surface area (Å²) in [5, 5.41) is 3.24. The highest BCUT2D eigenvalue weighted by atomic mass is 32.2. The first-order valence-electron chi connectivity index (χ1n) is 6.80. The summed E-state index contributed by atoms with van der Waals surface area (Å²) in [6.45, 7) is 3.99. The van der Waals surface area contributed by atoms with Crippen LogP contribution >= 0.6 is 0 Å². The highest BCUT2D eigenvalue weighted by Crippen LogP contribution is 2.13. The van der Waals surface area contributed by atoms with Gasteiger partial charge in [0, 0.05) is 12.6 Å². The second kappa shape index (κ2) is 6.19. The van der Waals surface area contributed by atoms with Gasteiger partial charge in [-0.05, 0) is 32.9 Å². The summed E-state index contributed by atoms with van der Waals surface area (Å²) in [5.41, 5.74) is 0. The van der Waals surface area contributed by atoms with E-state index in [1.54, 1.807) is 11.8 Å². The molecule has 0 aromatic carbocycles. The van der Waals surface area contributed by atoms with Crippen molar-refractivity contribution in [1.29, 1.82) is 0 Å². The highest BCUT2D eigenvalue weighted by molar-refractivity contribution is 7.91. The largest absolute Gasteiger partial charge is 0.368 e. The molecule has 0 aromatic heterocycles. The van der Waals surface area contributed by atoms with Crippen LogP contribution in [0.5, 0.6) is 0 Å². The number of ether oxygens (including phenoxy) is 1. The molecule has 0 spiro atoms. The smallest absolute Gasteiger partial charge is 0.248 e. The van der Waals surface area contributed by atoms with Crippen LogP contribution in [0.2, 0.25) is 0 Å². The van der Waals surface area contributed by atoms with Crippen LogP contribution in [-0.2, 0) is 19.4 Å². The molecule has 6 nitrogen and oxygen atoms in total. The zero-order valence-corrected chi connectivity index (χ0v) is 12.1. The van der Waals surface area contributed by atoms with Crippen molar-refractivity contribution >= 4 is 15.7 Å². The molecule has 110 valence electrons. The van der Waals surface area contributed by atoms with Gasteiger partial charge in [0.05, 0.1) is 17.6 Å². The van der Waals surface area contributed by atoms with Crippen LogP contribution < -0.4 is 5.32 Å². The molecule has 0 saturated carbocycles. The number of nitrogens with one attached hydrogen (secondary N) is 1. The van der Waals surface area contributed by atoms with Crippen molar-refractivity contribution in [3.63, 3.8) is 0 Å². The minimum Gasteiger partial charge on any atom is -0.368 e. The minimum atomic E-state index is -2.98. The maximum atomic E-state index is 12.1. The van der Waals surface area contributed by atoms with Gasteiger partial charge in [0.15, 0.2) is 9.84 Å². The van der Waals surface area contributed by atoms with E-state index < -0.39 is 9.84 Å². The molecule has 2 heterocycles. The van der Waals surface area contributed by atoms with E-state index in [0.717, 1.165) is 25.9 Å². The first kappa shape index (κ1) is 14.7. The van der Waals surface area contributed by atoms with E-state index in [1.807, 2.05) is 0 Å². The Morgan fingerprint density at radius 1 is 1.37 bits per heavy atom. The molecule has 1 atom stereocenters. The summed E-state index contributed by atoms with van der Waals surface area (Å²) in [6.07, 6.45) is 2.00. The fourth-order valence-electron chi connectivity index (χ4n) is 2.60. The SMILES string of the molecule is CC1CS(=O)(=O)CCN1C(=O)COC1CCNCC1. The molecule has 2 aliphatic rings. The Hall–Kier alpha value is -0.660. The molecule has 1 amide bonds. The lowest BCUT2D eigenvalue weighted by Gasteiger charge is -2.33. The summed E-state index contributed by atoms with van der Waals surface area (Å²) in [5.74, 6) is 0.0311. The van der Waals surface area contributed by atoms with Crippen LogP contribution in [-0.4, -0.2) is 69.1 Å². The molecule has 0 radical (unpaired) electrons. The Balaban J connectivity index is 1.79. The molecule has 2 rings (SSSR count). The van der Waals surface area contributed by atoms with Crippen molar-refractivity contribution in [2.45, 2.75) is 31.9 Å². The van der Waals surface area contributed by atoms with Gasteiger partial charge in [-0.25, -0.2) is 8.42 Å². The Morgan fingerprint density at radius 3 is 2.68 bits per heavy atom. The van der Waals surface area contributed by atoms with Gasteiger partial charge in [0.2, 0.25) is 5.91 Å². The van der Waals surface area contributed by atoms with Gasteiger partial charge in [-0.1, -0.05) is 0 Å². The second-order valence-electron chi connectivity index (χ2n) is 5.31. The quantitative estimate of drug-likeness (QED) is 0.751. The second-order valence-corrected chi connectivity index (χ2v) is 7.54. The number of carbonyl (C=O) groups is 1. The van der Waals surface area contributed by atoms with E-state index >= 15 is 0 Å². The van der Waals surface area contributed by atoms with Crippen LogP contribution in [0.25, 0.3) is 0 Å². The number of hydrogen-bond acceptors (Lipinski definition) is 5. The van der Waals surface area contributed by atoms with Gasteiger partial charge < -0.3 is 15.0 Å². The molecule has 0 aromatic rings. The Labute approximate surface area is 114 Å². The Kier molecular flexibility index (Phi) is 4.81. The van der Waals surface area contributed by atoms with Crippen molar-refractivity contribution in [2.24, 2.45) is 0 Å². The van der Waals surface area contributed by atoms with E-state index in [0.29, 0.717) is 0 Å². The summed E-state index contributed by atoms with van der Waals surface area (Å²) >= 11 is 0. The molecule has 0 aliphatic carbocycles. The van der Waals surface area contributed by atoms with E-state index in [-0.39, 0.29) is 42.7 Å². The lowest BCUT2D eigenvalue weighted by Crippen LogP contribution is -2.51. The third kappa shape index (κ3) is 4.15. The van der Waals surface area contributed by atoms with Gasteiger partial charge in [0.1, 0.15) is 6.61 Å². The normalized spacial score (nSPS) is 28.3. The summed E-state index contributed by atoms with van der Waals surface area (Å²) < 4.78 is 28.5. The summed E-state index contributed by atoms with van der Waals surface area (Å²) in [7, 11) is -2.98. The summed E-state index contributed by atoms with van der Waals surface area (Å²) in [4.78, 5) is 13.7. The molecular formula is C12H22N2O4S. The number of nitrogens with zero attached hydrogens (tertiary/aromatic N) is 1. The average Bonchev–Trinajstić information content (AvgIpc) is 2.36. The monoisotopic (exact) mass is 290 g/mol. The average molecular weight is 290 g/mol. The van der Waals surface area contributed by atoms with Crippen LogP contribution in [0.3, 0.4) is 0 Å². The zero-order chi connectivity index (χ0) is 13.9. The lowest BCUT2D eigenvalue weighted by molar-refractivity contribution is -0.140. The van der Waals surface area contributed by atoms with Crippen LogP contribution in [0.4, 0.5) is 0 Å². The first-order chi connectivity index (χ1) is 8.98. The molecule has 2 fully saturated rings. The maximum absolute atomic E-state index is 12.1. The molecule has 0 bridgehead atoms. The standard InChI is InChI=1S/C12H22N2O4S/c1-10-9-19(16,17)7-6-14(10)12(15)8-18-11-2-4-13-5-3-11/h10-11,13H,2-9H2,1H3. The van der Waals surface area contributed by atoms with Gasteiger partial charge >= 0.3 is 0 Å². The van der Waals surface area contributed by atoms with Crippen LogP contribution in [0.1, 0.15) is 19.8 Å². The number of amides is 1. The fraction of sp³-hybridized carbons (Fsp3) is 0.917. The predicted octanol–water partition coefficient (Wildman–Crippen LogP) is -0.599. The number of rotatable bonds is 3. The third-order valence-electron chi connectivity index (χ3n) is 3.72. The maximum Gasteiger partial charge on any atom is 0.248 e. The van der Waals surface area contributed by atoms with Crippen molar-refractivity contribution in [2.75, 3.05) is 37.7 Å². The fourth-order valence-corrected chi connectivity index (χ4v) is 4.16. The van der Waals surface area contributed by atoms with Crippen molar-refractivity contribution < 1.29 is 17.9 Å². The molecule has 7 heteroatoms. The van der Waals surface area contributed by atoms with Crippen molar-refractivity contribution in [3.8, 4) is 0 Å². The topological polar surface area (TPSA) is 75.7 Å². The van der Waals surface area contributed by atoms with Gasteiger partial charge in [-0.3, -0.25) is 4.79 Å².